The van der Waals surface area contributed by atoms with E-state index in [2.05, 4.69) is 16.3 Å². The van der Waals surface area contributed by atoms with E-state index < -0.39 is 0 Å². The van der Waals surface area contributed by atoms with Crippen molar-refractivity contribution in [1.29, 1.82) is 0 Å². The molecule has 0 spiro atoms. The van der Waals surface area contributed by atoms with Gasteiger partial charge in [0.15, 0.2) is 0 Å². The number of rotatable bonds is 5. The molecule has 1 fully saturated rings. The van der Waals surface area contributed by atoms with Gasteiger partial charge in [0.05, 0.1) is 20.3 Å². The number of nitrogens with zero attached hydrogens (tertiary/aromatic N) is 3. The van der Waals surface area contributed by atoms with Crippen molar-refractivity contribution in [3.63, 3.8) is 0 Å². The molecule has 28 heavy (non-hydrogen) atoms. The van der Waals surface area contributed by atoms with Crippen LogP contribution in [0.5, 0.6) is 5.75 Å². The van der Waals surface area contributed by atoms with Gasteiger partial charge < -0.3 is 18.8 Å². The molecule has 2 heterocycles. The van der Waals surface area contributed by atoms with Gasteiger partial charge in [-0.05, 0) is 41.0 Å². The standard InChI is InChI=1S/C21H23N3O4/c1-3-4-19-22-23-20(28-19)21(25)24-9-10-27-18(13-24)16-6-5-15-12-17(26-2)8-7-14(15)11-16/h5-8,11-12,18H,3-4,9-10,13H2,1-2H3/t18-/m1/s1. The zero-order chi connectivity index (χ0) is 19.5. The van der Waals surface area contributed by atoms with Gasteiger partial charge in [0.25, 0.3) is 0 Å². The fraction of sp³-hybridized carbons (Fsp3) is 0.381. The first-order valence-corrected chi connectivity index (χ1v) is 9.49. The van der Waals surface area contributed by atoms with Crippen LogP contribution >= 0.6 is 0 Å². The van der Waals surface area contributed by atoms with Crippen LogP contribution in [0.15, 0.2) is 40.8 Å². The molecule has 1 aliphatic rings. The zero-order valence-corrected chi connectivity index (χ0v) is 16.1. The van der Waals surface area contributed by atoms with Crippen LogP contribution in [-0.4, -0.2) is 47.8 Å². The number of ether oxygens (including phenoxy) is 2. The third-order valence-corrected chi connectivity index (χ3v) is 4.91. The summed E-state index contributed by atoms with van der Waals surface area (Å²) in [6.45, 7) is 3.45. The fourth-order valence-electron chi connectivity index (χ4n) is 3.40. The molecule has 0 bridgehead atoms. The first-order valence-electron chi connectivity index (χ1n) is 9.49. The van der Waals surface area contributed by atoms with E-state index >= 15 is 0 Å². The van der Waals surface area contributed by atoms with Crippen LogP contribution in [0.2, 0.25) is 0 Å². The van der Waals surface area contributed by atoms with E-state index in [-0.39, 0.29) is 17.9 Å². The molecule has 7 heteroatoms. The molecule has 3 aromatic rings. The lowest BCUT2D eigenvalue weighted by Crippen LogP contribution is -2.42. The Morgan fingerprint density at radius 2 is 2.04 bits per heavy atom. The van der Waals surface area contributed by atoms with Gasteiger partial charge in [0, 0.05) is 13.0 Å². The van der Waals surface area contributed by atoms with E-state index in [1.165, 1.54) is 0 Å². The molecule has 0 unspecified atom stereocenters. The number of hydrogen-bond donors (Lipinski definition) is 0. The zero-order valence-electron chi connectivity index (χ0n) is 16.1. The number of methoxy groups -OCH3 is 1. The van der Waals surface area contributed by atoms with E-state index in [0.29, 0.717) is 32.0 Å². The van der Waals surface area contributed by atoms with E-state index in [9.17, 15) is 4.79 Å². The number of benzene rings is 2. The molecule has 0 saturated carbocycles. The highest BCUT2D eigenvalue weighted by molar-refractivity contribution is 5.89. The molecule has 0 N–H and O–H groups in total. The number of hydrogen-bond acceptors (Lipinski definition) is 6. The first kappa shape index (κ1) is 18.4. The summed E-state index contributed by atoms with van der Waals surface area (Å²) >= 11 is 0. The van der Waals surface area contributed by atoms with Gasteiger partial charge in [0.1, 0.15) is 11.9 Å². The smallest absolute Gasteiger partial charge is 0.311 e. The summed E-state index contributed by atoms with van der Waals surface area (Å²) in [7, 11) is 1.66. The summed E-state index contributed by atoms with van der Waals surface area (Å²) in [5.74, 6) is 1.14. The van der Waals surface area contributed by atoms with E-state index in [0.717, 1.165) is 28.5 Å². The minimum Gasteiger partial charge on any atom is -0.497 e. The summed E-state index contributed by atoms with van der Waals surface area (Å²) in [5.41, 5.74) is 1.03. The number of fused-ring (bicyclic) bond motifs is 1. The predicted molar refractivity (Wildman–Crippen MR) is 103 cm³/mol. The van der Waals surface area contributed by atoms with Gasteiger partial charge in [-0.25, -0.2) is 0 Å². The Balaban J connectivity index is 1.51. The second-order valence-corrected chi connectivity index (χ2v) is 6.83. The van der Waals surface area contributed by atoms with Crippen LogP contribution in [0.4, 0.5) is 0 Å². The third kappa shape index (κ3) is 3.71. The van der Waals surface area contributed by atoms with Crippen LogP contribution in [-0.2, 0) is 11.2 Å². The maximum Gasteiger partial charge on any atom is 0.311 e. The predicted octanol–water partition coefficient (Wildman–Crippen LogP) is 3.40. The molecule has 0 radical (unpaired) electrons. The quantitative estimate of drug-likeness (QED) is 0.674. The molecule has 1 atom stereocenters. The largest absolute Gasteiger partial charge is 0.497 e. The van der Waals surface area contributed by atoms with E-state index in [1.54, 1.807) is 12.0 Å². The van der Waals surface area contributed by atoms with Crippen molar-refractivity contribution in [2.45, 2.75) is 25.9 Å². The number of carbonyl (C=O) groups is 1. The minimum absolute atomic E-state index is 0.0507. The van der Waals surface area contributed by atoms with E-state index in [1.807, 2.05) is 37.3 Å². The summed E-state index contributed by atoms with van der Waals surface area (Å²) in [5, 5.41) is 10.0. The number of aromatic nitrogens is 2. The molecule has 1 aromatic heterocycles. The first-order chi connectivity index (χ1) is 13.7. The average molecular weight is 381 g/mol. The highest BCUT2D eigenvalue weighted by Crippen LogP contribution is 2.28. The Morgan fingerprint density at radius 1 is 1.21 bits per heavy atom. The van der Waals surface area contributed by atoms with Gasteiger partial charge in [-0.1, -0.05) is 25.1 Å². The number of amides is 1. The van der Waals surface area contributed by atoms with Crippen LogP contribution in [0, 0.1) is 0 Å². The second-order valence-electron chi connectivity index (χ2n) is 6.83. The summed E-state index contributed by atoms with van der Waals surface area (Å²) in [6, 6.07) is 12.1. The lowest BCUT2D eigenvalue weighted by molar-refractivity contribution is -0.0240. The minimum atomic E-state index is -0.242. The third-order valence-electron chi connectivity index (χ3n) is 4.91. The maximum absolute atomic E-state index is 12.7. The normalized spacial score (nSPS) is 17.1. The van der Waals surface area contributed by atoms with Crippen LogP contribution < -0.4 is 4.74 Å². The van der Waals surface area contributed by atoms with Crippen molar-refractivity contribution in [1.82, 2.24) is 15.1 Å². The van der Waals surface area contributed by atoms with Crippen molar-refractivity contribution in [3.05, 3.63) is 53.7 Å². The Labute approximate surface area is 163 Å². The molecular weight excluding hydrogens is 358 g/mol. The van der Waals surface area contributed by atoms with Crippen molar-refractivity contribution in [2.75, 3.05) is 26.8 Å². The highest BCUT2D eigenvalue weighted by Gasteiger charge is 2.29. The molecule has 2 aromatic carbocycles. The number of morpholine rings is 1. The van der Waals surface area contributed by atoms with Gasteiger partial charge in [-0.15, -0.1) is 10.2 Å². The maximum atomic E-state index is 12.7. The lowest BCUT2D eigenvalue weighted by atomic mass is 10.0. The van der Waals surface area contributed by atoms with Crippen LogP contribution in [0.1, 0.15) is 41.6 Å². The van der Waals surface area contributed by atoms with Crippen molar-refractivity contribution < 1.29 is 18.7 Å². The number of aryl methyl sites for hydroxylation is 1. The van der Waals surface area contributed by atoms with Gasteiger partial charge in [-0.2, -0.15) is 0 Å². The topological polar surface area (TPSA) is 77.7 Å². The SMILES string of the molecule is CCCc1nnc(C(=O)N2CCO[C@@H](c3ccc4cc(OC)ccc4c3)C2)o1. The molecule has 0 aliphatic carbocycles. The Bertz CT molecular complexity index is 985. The summed E-state index contributed by atoms with van der Waals surface area (Å²) in [4.78, 5) is 14.5. The highest BCUT2D eigenvalue weighted by atomic mass is 16.5. The molecule has 1 saturated heterocycles. The summed E-state index contributed by atoms with van der Waals surface area (Å²) < 4.78 is 16.7. The van der Waals surface area contributed by atoms with Crippen molar-refractivity contribution in [2.24, 2.45) is 0 Å². The van der Waals surface area contributed by atoms with Crippen LogP contribution in [0.25, 0.3) is 10.8 Å². The summed E-state index contributed by atoms with van der Waals surface area (Å²) in [6.07, 6.45) is 1.37. The van der Waals surface area contributed by atoms with Crippen LogP contribution in [0.3, 0.4) is 0 Å². The second kappa shape index (κ2) is 7.98. The Hall–Kier alpha value is -2.93. The molecular formula is C21H23N3O4. The molecule has 1 amide bonds. The lowest BCUT2D eigenvalue weighted by Gasteiger charge is -2.32. The molecule has 1 aliphatic heterocycles. The molecule has 146 valence electrons. The van der Waals surface area contributed by atoms with Crippen molar-refractivity contribution >= 4 is 16.7 Å². The Morgan fingerprint density at radius 3 is 2.86 bits per heavy atom. The Kier molecular flexibility index (Phi) is 5.25. The molecule has 7 nitrogen and oxygen atoms in total. The van der Waals surface area contributed by atoms with E-state index in [4.69, 9.17) is 13.9 Å². The van der Waals surface area contributed by atoms with Gasteiger partial charge in [-0.3, -0.25) is 4.79 Å². The van der Waals surface area contributed by atoms with Crippen molar-refractivity contribution in [3.8, 4) is 5.75 Å². The average Bonchev–Trinajstić information content (AvgIpc) is 3.21. The van der Waals surface area contributed by atoms with Gasteiger partial charge >= 0.3 is 11.8 Å². The number of carbonyl (C=O) groups excluding carboxylic acids is 1. The monoisotopic (exact) mass is 381 g/mol. The fourth-order valence-corrected chi connectivity index (χ4v) is 3.40. The molecule has 4 rings (SSSR count). The van der Waals surface area contributed by atoms with Gasteiger partial charge in [0.2, 0.25) is 5.89 Å².